The molecule has 0 aliphatic rings. The van der Waals surface area contributed by atoms with Gasteiger partial charge in [0.2, 0.25) is 11.7 Å². The zero-order valence-corrected chi connectivity index (χ0v) is 16.8. The van der Waals surface area contributed by atoms with Crippen LogP contribution in [0.5, 0.6) is 5.75 Å². The summed E-state index contributed by atoms with van der Waals surface area (Å²) < 4.78 is 11.1. The fourth-order valence-electron chi connectivity index (χ4n) is 2.81. The summed E-state index contributed by atoms with van der Waals surface area (Å²) in [6.07, 6.45) is 0.198. The summed E-state index contributed by atoms with van der Waals surface area (Å²) in [7, 11) is 1.67. The number of carbonyl (C=O) groups is 1. The molecule has 0 saturated carbocycles. The molecule has 3 aromatic rings. The van der Waals surface area contributed by atoms with E-state index < -0.39 is 6.10 Å². The van der Waals surface area contributed by atoms with Gasteiger partial charge in [0.1, 0.15) is 5.75 Å². The van der Waals surface area contributed by atoms with Gasteiger partial charge in [0.15, 0.2) is 6.10 Å². The highest BCUT2D eigenvalue weighted by Crippen LogP contribution is 2.25. The predicted octanol–water partition coefficient (Wildman–Crippen LogP) is 4.38. The zero-order valence-electron chi connectivity index (χ0n) is 16.1. The quantitative estimate of drug-likeness (QED) is 0.589. The topological polar surface area (TPSA) is 68.5 Å². The molecule has 7 heteroatoms. The van der Waals surface area contributed by atoms with Crippen molar-refractivity contribution in [3.63, 3.8) is 0 Å². The molecule has 0 N–H and O–H groups in total. The van der Waals surface area contributed by atoms with Gasteiger partial charge >= 0.3 is 0 Å². The van der Waals surface area contributed by atoms with Crippen molar-refractivity contribution in [2.24, 2.45) is 0 Å². The second-order valence-corrected chi connectivity index (χ2v) is 6.81. The van der Waals surface area contributed by atoms with Gasteiger partial charge in [-0.25, -0.2) is 0 Å². The van der Waals surface area contributed by atoms with Crippen LogP contribution in [0.15, 0.2) is 53.1 Å². The maximum absolute atomic E-state index is 12.7. The largest absolute Gasteiger partial charge is 0.481 e. The molecule has 0 aliphatic heterocycles. The Morgan fingerprint density at radius 1 is 1.21 bits per heavy atom. The summed E-state index contributed by atoms with van der Waals surface area (Å²) in [4.78, 5) is 18.5. The number of likely N-dealkylation sites (N-methyl/N-ethyl adjacent to an activating group) is 1. The minimum absolute atomic E-state index is 0.177. The Balaban J connectivity index is 1.65. The molecule has 3 rings (SSSR count). The van der Waals surface area contributed by atoms with Gasteiger partial charge in [0.25, 0.3) is 5.91 Å². The summed E-state index contributed by atoms with van der Waals surface area (Å²) in [5.41, 5.74) is 1.74. The van der Waals surface area contributed by atoms with Crippen LogP contribution in [0.4, 0.5) is 0 Å². The van der Waals surface area contributed by atoms with E-state index in [-0.39, 0.29) is 12.5 Å². The normalized spacial score (nSPS) is 11.9. The molecule has 0 saturated heterocycles. The summed E-state index contributed by atoms with van der Waals surface area (Å²) in [6.45, 7) is 3.96. The van der Waals surface area contributed by atoms with E-state index in [9.17, 15) is 4.79 Å². The zero-order chi connectivity index (χ0) is 20.1. The van der Waals surface area contributed by atoms with Gasteiger partial charge in [-0.15, -0.1) is 0 Å². The second-order valence-electron chi connectivity index (χ2n) is 6.41. The fourth-order valence-corrected chi connectivity index (χ4v) is 3.03. The third kappa shape index (κ3) is 4.51. The number of carbonyl (C=O) groups excluding carboxylic acids is 1. The Kier molecular flexibility index (Phi) is 6.31. The van der Waals surface area contributed by atoms with E-state index in [1.165, 1.54) is 4.90 Å². The second kappa shape index (κ2) is 8.89. The summed E-state index contributed by atoms with van der Waals surface area (Å²) >= 11 is 6.16. The predicted molar refractivity (Wildman–Crippen MR) is 107 cm³/mol. The number of amides is 1. The lowest BCUT2D eigenvalue weighted by molar-refractivity contribution is -0.137. The van der Waals surface area contributed by atoms with Crippen LogP contribution in [-0.2, 0) is 17.8 Å². The number of hydrogen-bond acceptors (Lipinski definition) is 5. The molecule has 6 nitrogen and oxygen atoms in total. The third-order valence-corrected chi connectivity index (χ3v) is 4.67. The third-order valence-electron chi connectivity index (χ3n) is 4.34. The van der Waals surface area contributed by atoms with Gasteiger partial charge in [0.05, 0.1) is 11.6 Å². The fraction of sp³-hybridized carbons (Fsp3) is 0.286. The van der Waals surface area contributed by atoms with E-state index in [0.29, 0.717) is 22.3 Å². The van der Waals surface area contributed by atoms with Crippen LogP contribution in [0.25, 0.3) is 11.4 Å². The van der Waals surface area contributed by atoms with Crippen molar-refractivity contribution in [2.75, 3.05) is 7.05 Å². The molecule has 0 unspecified atom stereocenters. The molecule has 0 radical (unpaired) electrons. The van der Waals surface area contributed by atoms with Crippen molar-refractivity contribution in [2.45, 2.75) is 32.9 Å². The standard InChI is InChI=1S/C21H22ClN3O3/c1-4-15-9-5-8-12-18(15)27-14(2)21(26)25(3)13-19-23-20(24-28-19)16-10-6-7-11-17(16)22/h5-12,14H,4,13H2,1-3H3/t14-/m0/s1. The minimum Gasteiger partial charge on any atom is -0.481 e. The van der Waals surface area contributed by atoms with Gasteiger partial charge in [-0.3, -0.25) is 4.79 Å². The summed E-state index contributed by atoms with van der Waals surface area (Å²) in [5, 5.41) is 4.49. The van der Waals surface area contributed by atoms with Crippen LogP contribution >= 0.6 is 11.6 Å². The number of nitrogens with zero attached hydrogens (tertiary/aromatic N) is 3. The van der Waals surface area contributed by atoms with Gasteiger partial charge in [0, 0.05) is 12.6 Å². The number of hydrogen-bond donors (Lipinski definition) is 0. The van der Waals surface area contributed by atoms with Crippen LogP contribution in [0.1, 0.15) is 25.3 Å². The first-order chi connectivity index (χ1) is 13.5. The first kappa shape index (κ1) is 19.9. The van der Waals surface area contributed by atoms with Gasteiger partial charge in [-0.2, -0.15) is 4.98 Å². The smallest absolute Gasteiger partial charge is 0.263 e. The molecule has 146 valence electrons. The van der Waals surface area contributed by atoms with Crippen molar-refractivity contribution < 1.29 is 14.1 Å². The molecular formula is C21H22ClN3O3. The molecule has 1 aromatic heterocycles. The highest BCUT2D eigenvalue weighted by atomic mass is 35.5. The van der Waals surface area contributed by atoms with E-state index in [2.05, 4.69) is 10.1 Å². The number of rotatable bonds is 7. The van der Waals surface area contributed by atoms with Crippen molar-refractivity contribution in [3.05, 3.63) is 65.0 Å². The average Bonchev–Trinajstić information content (AvgIpc) is 3.16. The molecule has 1 atom stereocenters. The number of aryl methyl sites for hydroxylation is 1. The molecule has 1 amide bonds. The number of para-hydroxylation sites is 1. The van der Waals surface area contributed by atoms with Gasteiger partial charge < -0.3 is 14.2 Å². The molecule has 0 spiro atoms. The number of aromatic nitrogens is 2. The van der Waals surface area contributed by atoms with Crippen LogP contribution in [-0.4, -0.2) is 34.1 Å². The molecule has 1 heterocycles. The van der Waals surface area contributed by atoms with Gasteiger partial charge in [-0.1, -0.05) is 54.0 Å². The molecule has 28 heavy (non-hydrogen) atoms. The lowest BCUT2D eigenvalue weighted by Gasteiger charge is -2.21. The van der Waals surface area contributed by atoms with E-state index in [1.54, 1.807) is 20.0 Å². The van der Waals surface area contributed by atoms with Crippen LogP contribution in [0.2, 0.25) is 5.02 Å². The molecule has 2 aromatic carbocycles. The molecular weight excluding hydrogens is 378 g/mol. The Morgan fingerprint density at radius 3 is 2.68 bits per heavy atom. The van der Waals surface area contributed by atoms with Crippen LogP contribution in [0, 0.1) is 0 Å². The summed E-state index contributed by atoms with van der Waals surface area (Å²) in [6, 6.07) is 15.0. The first-order valence-corrected chi connectivity index (χ1v) is 9.44. The number of halogens is 1. The van der Waals surface area contributed by atoms with Crippen LogP contribution in [0.3, 0.4) is 0 Å². The van der Waals surface area contributed by atoms with E-state index >= 15 is 0 Å². The van der Waals surface area contributed by atoms with Crippen molar-refractivity contribution >= 4 is 17.5 Å². The van der Waals surface area contributed by atoms with E-state index in [0.717, 1.165) is 17.7 Å². The maximum atomic E-state index is 12.7. The lowest BCUT2D eigenvalue weighted by atomic mass is 10.1. The Labute approximate surface area is 169 Å². The SMILES string of the molecule is CCc1ccccc1O[C@@H](C)C(=O)N(C)Cc1nc(-c2ccccc2Cl)no1. The number of ether oxygens (including phenoxy) is 1. The molecule has 0 bridgehead atoms. The highest BCUT2D eigenvalue weighted by molar-refractivity contribution is 6.33. The van der Waals surface area contributed by atoms with E-state index in [4.69, 9.17) is 20.9 Å². The van der Waals surface area contributed by atoms with Crippen molar-refractivity contribution in [1.82, 2.24) is 15.0 Å². The van der Waals surface area contributed by atoms with Crippen molar-refractivity contribution in [3.8, 4) is 17.1 Å². The first-order valence-electron chi connectivity index (χ1n) is 9.06. The van der Waals surface area contributed by atoms with Gasteiger partial charge in [-0.05, 0) is 37.1 Å². The van der Waals surface area contributed by atoms with Crippen molar-refractivity contribution in [1.29, 1.82) is 0 Å². The minimum atomic E-state index is -0.636. The lowest BCUT2D eigenvalue weighted by Crippen LogP contribution is -2.37. The highest BCUT2D eigenvalue weighted by Gasteiger charge is 2.22. The van der Waals surface area contributed by atoms with E-state index in [1.807, 2.05) is 49.4 Å². The molecule has 0 fully saturated rings. The Morgan fingerprint density at radius 2 is 1.93 bits per heavy atom. The van der Waals surface area contributed by atoms with Crippen LogP contribution < -0.4 is 4.74 Å². The Bertz CT molecular complexity index is 957. The molecule has 0 aliphatic carbocycles. The summed E-state index contributed by atoms with van der Waals surface area (Å²) in [5.74, 6) is 1.26. The average molecular weight is 400 g/mol. The number of benzene rings is 2. The Hall–Kier alpha value is -2.86. The monoisotopic (exact) mass is 399 g/mol. The maximum Gasteiger partial charge on any atom is 0.263 e.